The summed E-state index contributed by atoms with van der Waals surface area (Å²) in [4.78, 5) is 11.9. The minimum atomic E-state index is -0.513. The van der Waals surface area contributed by atoms with E-state index in [1.807, 2.05) is 39.0 Å². The van der Waals surface area contributed by atoms with Crippen LogP contribution in [0.25, 0.3) is 0 Å². The minimum absolute atomic E-state index is 0.0758. The molecule has 0 spiro atoms. The number of carbonyl (C=O) groups excluding carboxylic acids is 1. The molecule has 0 aliphatic carbocycles. The lowest BCUT2D eigenvalue weighted by molar-refractivity contribution is -0.156. The van der Waals surface area contributed by atoms with Gasteiger partial charge in [-0.3, -0.25) is 4.79 Å². The van der Waals surface area contributed by atoms with Crippen LogP contribution in [0.4, 0.5) is 0 Å². The second-order valence-corrected chi connectivity index (χ2v) is 6.23. The Labute approximate surface area is 132 Å². The number of esters is 1. The first-order valence-electron chi connectivity index (χ1n) is 7.32. The number of carbonyl (C=O) groups is 1. The van der Waals surface area contributed by atoms with Crippen LogP contribution in [0.2, 0.25) is 0 Å². The maximum Gasteiger partial charge on any atom is 0.306 e. The normalized spacial score (nSPS) is 12.6. The van der Waals surface area contributed by atoms with Crippen molar-refractivity contribution in [3.63, 3.8) is 0 Å². The lowest BCUT2D eigenvalue weighted by Crippen LogP contribution is -2.26. The van der Waals surface area contributed by atoms with Gasteiger partial charge in [-0.15, -0.1) is 0 Å². The molecule has 5 heteroatoms. The summed E-state index contributed by atoms with van der Waals surface area (Å²) in [5, 5.41) is 9.50. The second-order valence-electron chi connectivity index (χ2n) is 6.23. The number of methoxy groups -OCH3 is 2. The van der Waals surface area contributed by atoms with Gasteiger partial charge in [0.25, 0.3) is 0 Å². The Morgan fingerprint density at radius 1 is 1.18 bits per heavy atom. The van der Waals surface area contributed by atoms with Crippen LogP contribution >= 0.6 is 0 Å². The molecule has 5 nitrogen and oxygen atoms in total. The fraction of sp³-hybridized carbons (Fsp3) is 0.588. The molecule has 0 aliphatic heterocycles. The summed E-state index contributed by atoms with van der Waals surface area (Å²) in [7, 11) is 3.16. The molecule has 0 bridgehead atoms. The molecule has 124 valence electrons. The van der Waals surface area contributed by atoms with Crippen LogP contribution < -0.4 is 9.47 Å². The molecule has 0 heterocycles. The average molecular weight is 310 g/mol. The Balaban J connectivity index is 2.72. The van der Waals surface area contributed by atoms with E-state index >= 15 is 0 Å². The van der Waals surface area contributed by atoms with E-state index in [2.05, 4.69) is 0 Å². The SMILES string of the molecule is COc1ccc(CC(CO)CC(=O)OC(C)(C)C)cc1OC. The molecule has 1 rings (SSSR count). The smallest absolute Gasteiger partial charge is 0.306 e. The van der Waals surface area contributed by atoms with Crippen molar-refractivity contribution >= 4 is 5.97 Å². The Bertz CT molecular complexity index is 490. The molecule has 1 N–H and O–H groups in total. The number of aliphatic hydroxyl groups is 1. The monoisotopic (exact) mass is 310 g/mol. The summed E-state index contributed by atoms with van der Waals surface area (Å²) in [5.74, 6) is 0.799. The zero-order valence-corrected chi connectivity index (χ0v) is 14.0. The summed E-state index contributed by atoms with van der Waals surface area (Å²) in [6, 6.07) is 5.58. The van der Waals surface area contributed by atoms with Gasteiger partial charge < -0.3 is 19.3 Å². The summed E-state index contributed by atoms with van der Waals surface area (Å²) in [5.41, 5.74) is 0.459. The number of hydrogen-bond donors (Lipinski definition) is 1. The topological polar surface area (TPSA) is 65.0 Å². The first kappa shape index (κ1) is 18.3. The van der Waals surface area contributed by atoms with Crippen molar-refractivity contribution in [2.24, 2.45) is 5.92 Å². The molecular formula is C17H26O5. The van der Waals surface area contributed by atoms with Crippen molar-refractivity contribution in [3.05, 3.63) is 23.8 Å². The van der Waals surface area contributed by atoms with Gasteiger partial charge in [0.15, 0.2) is 11.5 Å². The predicted octanol–water partition coefficient (Wildman–Crippen LogP) is 2.59. The van der Waals surface area contributed by atoms with Crippen LogP contribution in [-0.4, -0.2) is 37.5 Å². The Hall–Kier alpha value is -1.75. The molecule has 1 atom stereocenters. The van der Waals surface area contributed by atoms with Crippen LogP contribution in [0, 0.1) is 5.92 Å². The fourth-order valence-electron chi connectivity index (χ4n) is 2.16. The van der Waals surface area contributed by atoms with Crippen molar-refractivity contribution in [2.45, 2.75) is 39.2 Å². The van der Waals surface area contributed by atoms with E-state index in [1.165, 1.54) is 0 Å². The number of aliphatic hydroxyl groups excluding tert-OH is 1. The van der Waals surface area contributed by atoms with E-state index < -0.39 is 5.60 Å². The molecule has 0 saturated carbocycles. The number of benzene rings is 1. The van der Waals surface area contributed by atoms with Crippen LogP contribution in [-0.2, 0) is 16.0 Å². The standard InChI is InChI=1S/C17H26O5/c1-17(2,3)22-16(19)10-13(11-18)8-12-6-7-14(20-4)15(9-12)21-5/h6-7,9,13,18H,8,10-11H2,1-5H3. The van der Waals surface area contributed by atoms with E-state index in [0.29, 0.717) is 17.9 Å². The number of hydrogen-bond acceptors (Lipinski definition) is 5. The Morgan fingerprint density at radius 3 is 2.32 bits per heavy atom. The lowest BCUT2D eigenvalue weighted by atomic mass is 9.96. The molecule has 1 aromatic rings. The predicted molar refractivity (Wildman–Crippen MR) is 84.3 cm³/mol. The largest absolute Gasteiger partial charge is 0.493 e. The van der Waals surface area contributed by atoms with Crippen LogP contribution in [0.1, 0.15) is 32.8 Å². The highest BCUT2D eigenvalue weighted by atomic mass is 16.6. The highest BCUT2D eigenvalue weighted by molar-refractivity contribution is 5.70. The third-order valence-corrected chi connectivity index (χ3v) is 3.11. The van der Waals surface area contributed by atoms with Gasteiger partial charge in [-0.1, -0.05) is 6.07 Å². The maximum absolute atomic E-state index is 11.9. The molecule has 0 fully saturated rings. The van der Waals surface area contributed by atoms with Gasteiger partial charge in [-0.25, -0.2) is 0 Å². The van der Waals surface area contributed by atoms with Gasteiger partial charge >= 0.3 is 5.97 Å². The van der Waals surface area contributed by atoms with E-state index in [1.54, 1.807) is 14.2 Å². The van der Waals surface area contributed by atoms with Gasteiger partial charge in [0.1, 0.15) is 5.60 Å². The molecule has 0 radical (unpaired) electrons. The van der Waals surface area contributed by atoms with Gasteiger partial charge in [0.2, 0.25) is 0 Å². The summed E-state index contributed by atoms with van der Waals surface area (Å²) in [6.45, 7) is 5.40. The van der Waals surface area contributed by atoms with Gasteiger partial charge in [0.05, 0.1) is 20.6 Å². The molecule has 1 unspecified atom stereocenters. The Kier molecular flexibility index (Phi) is 6.68. The highest BCUT2D eigenvalue weighted by Crippen LogP contribution is 2.29. The molecule has 0 aliphatic rings. The van der Waals surface area contributed by atoms with Crippen LogP contribution in [0.15, 0.2) is 18.2 Å². The zero-order chi connectivity index (χ0) is 16.8. The number of rotatable bonds is 7. The van der Waals surface area contributed by atoms with Gasteiger partial charge in [-0.05, 0) is 50.8 Å². The minimum Gasteiger partial charge on any atom is -0.493 e. The molecular weight excluding hydrogens is 284 g/mol. The molecule has 22 heavy (non-hydrogen) atoms. The van der Waals surface area contributed by atoms with E-state index in [4.69, 9.17) is 14.2 Å². The molecule has 0 saturated heterocycles. The van der Waals surface area contributed by atoms with Crippen molar-refractivity contribution < 1.29 is 24.1 Å². The van der Waals surface area contributed by atoms with E-state index in [9.17, 15) is 9.90 Å². The fourth-order valence-corrected chi connectivity index (χ4v) is 2.16. The van der Waals surface area contributed by atoms with Crippen LogP contribution in [0.5, 0.6) is 11.5 Å². The average Bonchev–Trinajstić information content (AvgIpc) is 2.44. The number of ether oxygens (including phenoxy) is 3. The van der Waals surface area contributed by atoms with Crippen molar-refractivity contribution in [1.82, 2.24) is 0 Å². The maximum atomic E-state index is 11.9. The summed E-state index contributed by atoms with van der Waals surface area (Å²) >= 11 is 0. The molecule has 0 amide bonds. The Morgan fingerprint density at radius 2 is 1.82 bits per heavy atom. The quantitative estimate of drug-likeness (QED) is 0.784. The second kappa shape index (κ2) is 8.03. The van der Waals surface area contributed by atoms with Crippen molar-refractivity contribution in [1.29, 1.82) is 0 Å². The van der Waals surface area contributed by atoms with Crippen LogP contribution in [0.3, 0.4) is 0 Å². The summed E-state index contributed by atoms with van der Waals surface area (Å²) in [6.07, 6.45) is 0.748. The zero-order valence-electron chi connectivity index (χ0n) is 14.0. The first-order chi connectivity index (χ1) is 10.3. The van der Waals surface area contributed by atoms with Gasteiger partial charge in [0, 0.05) is 6.61 Å². The first-order valence-corrected chi connectivity index (χ1v) is 7.32. The summed E-state index contributed by atoms with van der Waals surface area (Å²) < 4.78 is 15.7. The lowest BCUT2D eigenvalue weighted by Gasteiger charge is -2.21. The third-order valence-electron chi connectivity index (χ3n) is 3.11. The molecule has 1 aromatic carbocycles. The van der Waals surface area contributed by atoms with Crippen molar-refractivity contribution in [3.8, 4) is 11.5 Å². The van der Waals surface area contributed by atoms with E-state index in [0.717, 1.165) is 5.56 Å². The highest BCUT2D eigenvalue weighted by Gasteiger charge is 2.20. The third kappa shape index (κ3) is 5.93. The van der Waals surface area contributed by atoms with E-state index in [-0.39, 0.29) is 24.9 Å². The molecule has 0 aromatic heterocycles. The van der Waals surface area contributed by atoms with Crippen molar-refractivity contribution in [2.75, 3.05) is 20.8 Å². The van der Waals surface area contributed by atoms with Gasteiger partial charge in [-0.2, -0.15) is 0 Å².